The minimum Gasteiger partial charge on any atom is -0.496 e. The van der Waals surface area contributed by atoms with E-state index in [1.54, 1.807) is 55.7 Å². The molecular formula is C21H19N3O3. The monoisotopic (exact) mass is 361 g/mol. The average Bonchev–Trinajstić information content (AvgIpc) is 2.74. The van der Waals surface area contributed by atoms with Gasteiger partial charge in [-0.15, -0.1) is 0 Å². The Morgan fingerprint density at radius 1 is 1.04 bits per heavy atom. The Hall–Kier alpha value is -3.54. The number of methoxy groups -OCH3 is 1. The molecular weight excluding hydrogens is 342 g/mol. The van der Waals surface area contributed by atoms with Gasteiger partial charge in [0.1, 0.15) is 11.4 Å². The molecule has 0 aliphatic rings. The van der Waals surface area contributed by atoms with Crippen molar-refractivity contribution in [2.45, 2.75) is 6.42 Å². The molecule has 0 aliphatic heterocycles. The molecule has 6 nitrogen and oxygen atoms in total. The number of carbonyl (C=O) groups is 2. The summed E-state index contributed by atoms with van der Waals surface area (Å²) in [5.41, 5.74) is 2.58. The Bertz CT molecular complexity index is 971. The molecule has 0 spiro atoms. The van der Waals surface area contributed by atoms with Gasteiger partial charge in [-0.1, -0.05) is 24.3 Å². The normalized spacial score (nSPS) is 10.3. The van der Waals surface area contributed by atoms with Crippen LogP contribution in [0.4, 0.5) is 0 Å². The first kappa shape index (κ1) is 18.3. The highest BCUT2D eigenvalue weighted by molar-refractivity contribution is 6.00. The van der Waals surface area contributed by atoms with Gasteiger partial charge in [0, 0.05) is 19.7 Å². The predicted molar refractivity (Wildman–Crippen MR) is 102 cm³/mol. The fraction of sp³-hybridized carbons (Fsp3) is 0.143. The van der Waals surface area contributed by atoms with Crippen LogP contribution >= 0.6 is 0 Å². The Morgan fingerprint density at radius 2 is 1.81 bits per heavy atom. The molecule has 1 amide bonds. The lowest BCUT2D eigenvalue weighted by Gasteiger charge is -2.11. The summed E-state index contributed by atoms with van der Waals surface area (Å²) in [6.45, 7) is 0. The molecule has 6 heteroatoms. The molecule has 0 fully saturated rings. The summed E-state index contributed by atoms with van der Waals surface area (Å²) in [6.07, 6.45) is 1.77. The van der Waals surface area contributed by atoms with Gasteiger partial charge in [-0.25, -0.2) is 4.98 Å². The standard InChI is InChI=1S/C21H19N3O3/c1-22-21(26)17-11-10-14(20(24-17)16-8-5-6-12-23-16)13-18(25)15-7-3-4-9-19(15)27-2/h3-12H,13H2,1-2H3,(H,22,26). The number of nitrogens with zero attached hydrogens (tertiary/aromatic N) is 2. The lowest BCUT2D eigenvalue weighted by molar-refractivity contribution is 0.0957. The summed E-state index contributed by atoms with van der Waals surface area (Å²) in [6, 6.07) is 15.9. The number of pyridine rings is 2. The first-order valence-electron chi connectivity index (χ1n) is 8.43. The molecule has 0 saturated heterocycles. The number of benzene rings is 1. The van der Waals surface area contributed by atoms with Crippen LogP contribution in [0.3, 0.4) is 0 Å². The van der Waals surface area contributed by atoms with Crippen LogP contribution in [0.5, 0.6) is 5.75 Å². The van der Waals surface area contributed by atoms with E-state index in [1.807, 2.05) is 12.1 Å². The third-order valence-electron chi connectivity index (χ3n) is 4.10. The van der Waals surface area contributed by atoms with Crippen molar-refractivity contribution in [3.63, 3.8) is 0 Å². The molecule has 1 aromatic carbocycles. The molecule has 2 aromatic heterocycles. The van der Waals surface area contributed by atoms with Gasteiger partial charge in [-0.2, -0.15) is 0 Å². The number of carbonyl (C=O) groups excluding carboxylic acids is 2. The van der Waals surface area contributed by atoms with Gasteiger partial charge in [-0.3, -0.25) is 14.6 Å². The van der Waals surface area contributed by atoms with E-state index in [1.165, 1.54) is 7.11 Å². The molecule has 0 aliphatic carbocycles. The van der Waals surface area contributed by atoms with Crippen LogP contribution in [0.1, 0.15) is 26.4 Å². The van der Waals surface area contributed by atoms with Crippen molar-refractivity contribution in [3.05, 3.63) is 77.6 Å². The maximum atomic E-state index is 12.8. The number of Topliss-reactive ketones (excluding diaryl/α,β-unsaturated/α-hetero) is 1. The molecule has 3 rings (SSSR count). The molecule has 136 valence electrons. The topological polar surface area (TPSA) is 81.2 Å². The van der Waals surface area contributed by atoms with E-state index in [0.29, 0.717) is 28.3 Å². The van der Waals surface area contributed by atoms with E-state index >= 15 is 0 Å². The first-order valence-corrected chi connectivity index (χ1v) is 8.43. The van der Waals surface area contributed by atoms with Crippen LogP contribution in [0.25, 0.3) is 11.4 Å². The van der Waals surface area contributed by atoms with E-state index in [0.717, 1.165) is 0 Å². The third kappa shape index (κ3) is 4.00. The van der Waals surface area contributed by atoms with Gasteiger partial charge < -0.3 is 10.1 Å². The van der Waals surface area contributed by atoms with Gasteiger partial charge in [0.05, 0.1) is 24.1 Å². The zero-order chi connectivity index (χ0) is 19.2. The fourth-order valence-electron chi connectivity index (χ4n) is 2.75. The number of amides is 1. The summed E-state index contributed by atoms with van der Waals surface area (Å²) in [7, 11) is 3.08. The molecule has 27 heavy (non-hydrogen) atoms. The van der Waals surface area contributed by atoms with Crippen molar-refractivity contribution >= 4 is 11.7 Å². The minimum absolute atomic E-state index is 0.0980. The van der Waals surface area contributed by atoms with Crippen molar-refractivity contribution in [3.8, 4) is 17.1 Å². The Balaban J connectivity index is 2.02. The van der Waals surface area contributed by atoms with E-state index in [2.05, 4.69) is 15.3 Å². The summed E-state index contributed by atoms with van der Waals surface area (Å²) in [5, 5.41) is 2.56. The number of hydrogen-bond donors (Lipinski definition) is 1. The van der Waals surface area contributed by atoms with Crippen LogP contribution in [-0.2, 0) is 6.42 Å². The van der Waals surface area contributed by atoms with Gasteiger partial charge >= 0.3 is 0 Å². The number of rotatable bonds is 6. The number of hydrogen-bond acceptors (Lipinski definition) is 5. The average molecular weight is 361 g/mol. The van der Waals surface area contributed by atoms with Crippen LogP contribution in [-0.4, -0.2) is 35.8 Å². The summed E-state index contributed by atoms with van der Waals surface area (Å²) in [4.78, 5) is 33.6. The first-order chi connectivity index (χ1) is 13.1. The van der Waals surface area contributed by atoms with Crippen LogP contribution < -0.4 is 10.1 Å². The van der Waals surface area contributed by atoms with Gasteiger partial charge in [0.2, 0.25) is 0 Å². The van der Waals surface area contributed by atoms with Crippen molar-refractivity contribution in [1.29, 1.82) is 0 Å². The van der Waals surface area contributed by atoms with Gasteiger partial charge in [-0.05, 0) is 35.9 Å². The quantitative estimate of drug-likeness (QED) is 0.683. The Morgan fingerprint density at radius 3 is 2.52 bits per heavy atom. The van der Waals surface area contributed by atoms with Crippen LogP contribution in [0, 0.1) is 0 Å². The lowest BCUT2D eigenvalue weighted by atomic mass is 9.99. The molecule has 2 heterocycles. The zero-order valence-corrected chi connectivity index (χ0v) is 15.1. The van der Waals surface area contributed by atoms with Gasteiger partial charge in [0.25, 0.3) is 5.91 Å². The second kappa shape index (κ2) is 8.23. The maximum absolute atomic E-state index is 12.8. The highest BCUT2D eigenvalue weighted by Gasteiger charge is 2.18. The second-order valence-corrected chi connectivity index (χ2v) is 5.80. The molecule has 0 unspecified atom stereocenters. The lowest BCUT2D eigenvalue weighted by Crippen LogP contribution is -2.20. The Kier molecular flexibility index (Phi) is 5.56. The maximum Gasteiger partial charge on any atom is 0.269 e. The number of aromatic nitrogens is 2. The van der Waals surface area contributed by atoms with E-state index in [9.17, 15) is 9.59 Å². The molecule has 0 radical (unpaired) electrons. The largest absolute Gasteiger partial charge is 0.496 e. The van der Waals surface area contributed by atoms with Crippen LogP contribution in [0.15, 0.2) is 60.8 Å². The molecule has 3 aromatic rings. The molecule has 0 saturated carbocycles. The number of para-hydroxylation sites is 1. The van der Waals surface area contributed by atoms with E-state index in [-0.39, 0.29) is 23.8 Å². The Labute approximate surface area is 157 Å². The SMILES string of the molecule is CNC(=O)c1ccc(CC(=O)c2ccccc2OC)c(-c2ccccn2)n1. The van der Waals surface area contributed by atoms with Crippen molar-refractivity contribution in [2.24, 2.45) is 0 Å². The van der Waals surface area contributed by atoms with Gasteiger partial charge in [0.15, 0.2) is 5.78 Å². The fourth-order valence-corrected chi connectivity index (χ4v) is 2.75. The number of ketones is 1. The van der Waals surface area contributed by atoms with E-state index < -0.39 is 0 Å². The summed E-state index contributed by atoms with van der Waals surface area (Å²) in [5.74, 6) is 0.130. The zero-order valence-electron chi connectivity index (χ0n) is 15.1. The second-order valence-electron chi connectivity index (χ2n) is 5.80. The highest BCUT2D eigenvalue weighted by atomic mass is 16.5. The molecule has 0 atom stereocenters. The number of ether oxygens (including phenoxy) is 1. The smallest absolute Gasteiger partial charge is 0.269 e. The van der Waals surface area contributed by atoms with Crippen LogP contribution in [0.2, 0.25) is 0 Å². The number of nitrogens with one attached hydrogen (secondary N) is 1. The third-order valence-corrected chi connectivity index (χ3v) is 4.10. The van der Waals surface area contributed by atoms with E-state index in [4.69, 9.17) is 4.74 Å². The summed E-state index contributed by atoms with van der Waals surface area (Å²) < 4.78 is 5.28. The molecule has 0 bridgehead atoms. The van der Waals surface area contributed by atoms with Crippen molar-refractivity contribution in [1.82, 2.24) is 15.3 Å². The highest BCUT2D eigenvalue weighted by Crippen LogP contribution is 2.24. The van der Waals surface area contributed by atoms with Crippen molar-refractivity contribution < 1.29 is 14.3 Å². The molecule has 1 N–H and O–H groups in total. The minimum atomic E-state index is -0.296. The van der Waals surface area contributed by atoms with Crippen molar-refractivity contribution in [2.75, 3.05) is 14.2 Å². The predicted octanol–water partition coefficient (Wildman–Crippen LogP) is 2.94. The summed E-state index contributed by atoms with van der Waals surface area (Å²) >= 11 is 0.